The number of amides is 1. The molecular weight excluding hydrogens is 492 g/mol. The van der Waals surface area contributed by atoms with Crippen LogP contribution in [0.2, 0.25) is 0 Å². The Morgan fingerprint density at radius 2 is 1.86 bits per heavy atom. The molecule has 0 saturated carbocycles. The average Bonchev–Trinajstić information content (AvgIpc) is 2.66. The van der Waals surface area contributed by atoms with Gasteiger partial charge in [-0.25, -0.2) is 18.7 Å². The zero-order chi connectivity index (χ0) is 20.7. The number of hydrogen-bond acceptors (Lipinski definition) is 5. The largest absolute Gasteiger partial charge is 0.469 e. The van der Waals surface area contributed by atoms with Crippen molar-refractivity contribution in [3.8, 4) is 0 Å². The maximum atomic E-state index is 14.3. The Labute approximate surface area is 172 Å². The summed E-state index contributed by atoms with van der Waals surface area (Å²) in [5.74, 6) is -4.53. The van der Waals surface area contributed by atoms with Crippen LogP contribution in [-0.2, 0) is 14.4 Å². The van der Waals surface area contributed by atoms with E-state index in [-0.39, 0.29) is 30.7 Å². The molecular formula is C18H16F3IN2O4. The highest BCUT2D eigenvalue weighted by Gasteiger charge is 2.20. The van der Waals surface area contributed by atoms with Crippen molar-refractivity contribution in [1.29, 1.82) is 0 Å². The zero-order valence-electron chi connectivity index (χ0n) is 14.7. The van der Waals surface area contributed by atoms with E-state index in [1.165, 1.54) is 19.2 Å². The van der Waals surface area contributed by atoms with Crippen LogP contribution in [0.15, 0.2) is 30.3 Å². The van der Waals surface area contributed by atoms with E-state index in [1.807, 2.05) is 22.6 Å². The van der Waals surface area contributed by atoms with Crippen LogP contribution in [0.3, 0.4) is 0 Å². The number of benzene rings is 2. The van der Waals surface area contributed by atoms with Gasteiger partial charge in [0.15, 0.2) is 11.6 Å². The molecule has 0 aromatic heterocycles. The van der Waals surface area contributed by atoms with E-state index >= 15 is 0 Å². The molecule has 0 heterocycles. The van der Waals surface area contributed by atoms with Crippen molar-refractivity contribution < 1.29 is 32.3 Å². The molecule has 0 spiro atoms. The van der Waals surface area contributed by atoms with Gasteiger partial charge in [0.1, 0.15) is 5.82 Å². The Morgan fingerprint density at radius 3 is 2.54 bits per heavy atom. The zero-order valence-corrected chi connectivity index (χ0v) is 16.8. The Morgan fingerprint density at radius 1 is 1.11 bits per heavy atom. The van der Waals surface area contributed by atoms with Gasteiger partial charge in [0, 0.05) is 9.99 Å². The lowest BCUT2D eigenvalue weighted by Crippen LogP contribution is -2.25. The topological polar surface area (TPSA) is 76.7 Å². The molecule has 6 nitrogen and oxygen atoms in total. The van der Waals surface area contributed by atoms with E-state index in [4.69, 9.17) is 4.84 Å². The summed E-state index contributed by atoms with van der Waals surface area (Å²) in [4.78, 5) is 28.2. The van der Waals surface area contributed by atoms with Crippen LogP contribution in [0.25, 0.3) is 0 Å². The first-order valence-electron chi connectivity index (χ1n) is 8.02. The van der Waals surface area contributed by atoms with E-state index < -0.39 is 35.0 Å². The van der Waals surface area contributed by atoms with E-state index in [0.29, 0.717) is 3.57 Å². The standard InChI is InChI=1S/C18H16F3IN2O4/c1-27-15(25)3-2-8-28-24-18(26)11-5-6-12(19)16(21)17(11)23-14-7-4-10(22)9-13(14)20/h4-7,9,23H,2-3,8H2,1H3,(H,24,26). The first-order valence-corrected chi connectivity index (χ1v) is 9.10. The number of nitrogens with one attached hydrogen (secondary N) is 2. The number of hydrogen-bond donors (Lipinski definition) is 2. The Balaban J connectivity index is 2.12. The van der Waals surface area contributed by atoms with Crippen LogP contribution >= 0.6 is 22.6 Å². The number of ether oxygens (including phenoxy) is 1. The number of carbonyl (C=O) groups is 2. The number of rotatable bonds is 8. The Kier molecular flexibility index (Phi) is 8.05. The monoisotopic (exact) mass is 508 g/mol. The quantitative estimate of drug-likeness (QED) is 0.244. The summed E-state index contributed by atoms with van der Waals surface area (Å²) in [6.07, 6.45) is 0.375. The van der Waals surface area contributed by atoms with Gasteiger partial charge in [-0.15, -0.1) is 0 Å². The maximum Gasteiger partial charge on any atom is 0.305 e. The predicted molar refractivity (Wildman–Crippen MR) is 103 cm³/mol. The van der Waals surface area contributed by atoms with E-state index in [2.05, 4.69) is 15.5 Å². The van der Waals surface area contributed by atoms with Crippen molar-refractivity contribution >= 4 is 45.8 Å². The highest BCUT2D eigenvalue weighted by molar-refractivity contribution is 14.1. The van der Waals surface area contributed by atoms with Gasteiger partial charge in [0.05, 0.1) is 30.7 Å². The highest BCUT2D eigenvalue weighted by atomic mass is 127. The lowest BCUT2D eigenvalue weighted by atomic mass is 10.1. The summed E-state index contributed by atoms with van der Waals surface area (Å²) in [5.41, 5.74) is 1.13. The van der Waals surface area contributed by atoms with Gasteiger partial charge in [0.25, 0.3) is 5.91 Å². The summed E-state index contributed by atoms with van der Waals surface area (Å²) in [6.45, 7) is -0.000963. The second-order valence-corrected chi connectivity index (χ2v) is 6.74. The van der Waals surface area contributed by atoms with Crippen molar-refractivity contribution in [3.05, 3.63) is 56.9 Å². The molecule has 2 aromatic rings. The van der Waals surface area contributed by atoms with Crippen LogP contribution in [0.4, 0.5) is 24.5 Å². The summed E-state index contributed by atoms with van der Waals surface area (Å²) in [7, 11) is 1.25. The molecule has 150 valence electrons. The molecule has 0 radical (unpaired) electrons. The molecule has 1 amide bonds. The number of carbonyl (C=O) groups excluding carboxylic acids is 2. The summed E-state index contributed by atoms with van der Waals surface area (Å²) in [5, 5.41) is 2.41. The van der Waals surface area contributed by atoms with E-state index in [1.54, 1.807) is 6.07 Å². The molecule has 0 atom stereocenters. The second kappa shape index (κ2) is 10.3. The van der Waals surface area contributed by atoms with Gasteiger partial charge in [-0.05, 0) is 59.3 Å². The second-order valence-electron chi connectivity index (χ2n) is 5.49. The number of hydroxylamine groups is 1. The molecule has 10 heteroatoms. The first kappa shape index (κ1) is 22.0. The van der Waals surface area contributed by atoms with Gasteiger partial charge in [-0.3, -0.25) is 14.4 Å². The minimum atomic E-state index is -1.34. The minimum Gasteiger partial charge on any atom is -0.469 e. The smallest absolute Gasteiger partial charge is 0.305 e. The number of halogens is 4. The van der Waals surface area contributed by atoms with Gasteiger partial charge in [-0.1, -0.05) is 0 Å². The average molecular weight is 508 g/mol. The maximum absolute atomic E-state index is 14.3. The third kappa shape index (κ3) is 5.83. The molecule has 0 aliphatic rings. The van der Waals surface area contributed by atoms with Gasteiger partial charge in [0.2, 0.25) is 0 Å². The van der Waals surface area contributed by atoms with E-state index in [0.717, 1.165) is 12.1 Å². The fraction of sp³-hybridized carbons (Fsp3) is 0.222. The highest BCUT2D eigenvalue weighted by Crippen LogP contribution is 2.28. The van der Waals surface area contributed by atoms with Crippen LogP contribution in [0.5, 0.6) is 0 Å². The summed E-state index contributed by atoms with van der Waals surface area (Å²) < 4.78 is 47.0. The lowest BCUT2D eigenvalue weighted by Gasteiger charge is -2.14. The Bertz CT molecular complexity index is 880. The third-order valence-electron chi connectivity index (χ3n) is 3.55. The van der Waals surface area contributed by atoms with Gasteiger partial charge >= 0.3 is 5.97 Å². The van der Waals surface area contributed by atoms with Crippen molar-refractivity contribution in [2.45, 2.75) is 12.8 Å². The van der Waals surface area contributed by atoms with Crippen molar-refractivity contribution in [1.82, 2.24) is 5.48 Å². The summed E-state index contributed by atoms with van der Waals surface area (Å²) in [6, 6.07) is 5.92. The normalized spacial score (nSPS) is 10.5. The molecule has 0 bridgehead atoms. The third-order valence-corrected chi connectivity index (χ3v) is 4.22. The molecule has 0 fully saturated rings. The molecule has 0 saturated heterocycles. The number of methoxy groups -OCH3 is 1. The first-order chi connectivity index (χ1) is 13.3. The van der Waals surface area contributed by atoms with Crippen LogP contribution < -0.4 is 10.8 Å². The van der Waals surface area contributed by atoms with Crippen molar-refractivity contribution in [2.24, 2.45) is 0 Å². The van der Waals surface area contributed by atoms with Crippen LogP contribution in [0.1, 0.15) is 23.2 Å². The summed E-state index contributed by atoms with van der Waals surface area (Å²) >= 11 is 1.90. The van der Waals surface area contributed by atoms with Crippen molar-refractivity contribution in [3.63, 3.8) is 0 Å². The molecule has 2 N–H and O–H groups in total. The van der Waals surface area contributed by atoms with Gasteiger partial charge < -0.3 is 10.1 Å². The predicted octanol–water partition coefficient (Wildman–Crippen LogP) is 4.07. The molecule has 0 aliphatic heterocycles. The Hall–Kier alpha value is -2.34. The molecule has 2 rings (SSSR count). The number of anilines is 2. The molecule has 0 unspecified atom stereocenters. The lowest BCUT2D eigenvalue weighted by molar-refractivity contribution is -0.141. The molecule has 28 heavy (non-hydrogen) atoms. The van der Waals surface area contributed by atoms with Gasteiger partial charge in [-0.2, -0.15) is 0 Å². The van der Waals surface area contributed by atoms with Crippen LogP contribution in [0, 0.1) is 21.0 Å². The minimum absolute atomic E-state index is 0.000963. The van der Waals surface area contributed by atoms with Crippen LogP contribution in [-0.4, -0.2) is 25.6 Å². The van der Waals surface area contributed by atoms with E-state index in [9.17, 15) is 22.8 Å². The fourth-order valence-electron chi connectivity index (χ4n) is 2.15. The molecule has 0 aliphatic carbocycles. The molecule has 2 aromatic carbocycles. The SMILES string of the molecule is COC(=O)CCCONC(=O)c1ccc(F)c(F)c1Nc1ccc(I)cc1F. The fourth-order valence-corrected chi connectivity index (χ4v) is 2.60. The number of esters is 1. The van der Waals surface area contributed by atoms with Crippen molar-refractivity contribution in [2.75, 3.05) is 19.0 Å².